The number of hydrogen-bond acceptors (Lipinski definition) is 2. The Morgan fingerprint density at radius 2 is 2.20 bits per heavy atom. The van der Waals surface area contributed by atoms with Crippen molar-refractivity contribution in [2.45, 2.75) is 25.8 Å². The third kappa shape index (κ3) is 1.32. The molecule has 0 aromatic rings. The van der Waals surface area contributed by atoms with Crippen LogP contribution in [0.4, 0.5) is 0 Å². The van der Waals surface area contributed by atoms with E-state index in [-0.39, 0.29) is 0 Å². The van der Waals surface area contributed by atoms with Crippen LogP contribution in [0.3, 0.4) is 0 Å². The maximum absolute atomic E-state index is 8.89. The fourth-order valence-electron chi connectivity index (χ4n) is 1.68. The number of rotatable bonds is 1. The van der Waals surface area contributed by atoms with Gasteiger partial charge in [-0.05, 0) is 33.2 Å². The molecule has 0 amide bonds. The summed E-state index contributed by atoms with van der Waals surface area (Å²) in [6.07, 6.45) is 1.12. The molecular formula is C8H17NO. The smallest absolute Gasteiger partial charge is 0.0472 e. The van der Waals surface area contributed by atoms with Gasteiger partial charge >= 0.3 is 0 Å². The maximum Gasteiger partial charge on any atom is 0.0472 e. The van der Waals surface area contributed by atoms with Gasteiger partial charge in [-0.1, -0.05) is 0 Å². The molecule has 1 atom stereocenters. The molecule has 2 nitrogen and oxygen atoms in total. The summed E-state index contributed by atoms with van der Waals surface area (Å²) in [7, 11) is 2.12. The van der Waals surface area contributed by atoms with Crippen LogP contribution in [0.1, 0.15) is 20.3 Å². The summed E-state index contributed by atoms with van der Waals surface area (Å²) in [6.45, 7) is 5.84. The average molecular weight is 143 g/mol. The van der Waals surface area contributed by atoms with E-state index < -0.39 is 0 Å². The number of nitrogens with zero attached hydrogens (tertiary/aromatic N) is 1. The van der Waals surface area contributed by atoms with Crippen LogP contribution in [-0.2, 0) is 0 Å². The molecule has 60 valence electrons. The first-order chi connectivity index (χ1) is 4.56. The van der Waals surface area contributed by atoms with Crippen molar-refractivity contribution in [3.8, 4) is 0 Å². The number of aliphatic hydroxyl groups excluding tert-OH is 1. The van der Waals surface area contributed by atoms with E-state index in [1.807, 2.05) is 0 Å². The van der Waals surface area contributed by atoms with E-state index in [0.29, 0.717) is 18.1 Å². The first-order valence-corrected chi connectivity index (χ1v) is 3.88. The number of likely N-dealkylation sites (tertiary alicyclic amines) is 1. The van der Waals surface area contributed by atoms with E-state index in [0.717, 1.165) is 13.0 Å². The summed E-state index contributed by atoms with van der Waals surface area (Å²) in [6, 6.07) is 0. The third-order valence-electron chi connectivity index (χ3n) is 2.61. The lowest BCUT2D eigenvalue weighted by Gasteiger charge is -2.26. The predicted octanol–water partition coefficient (Wildman–Crippen LogP) is 0.709. The second-order valence-corrected chi connectivity index (χ2v) is 3.95. The molecule has 0 aromatic carbocycles. The van der Waals surface area contributed by atoms with Crippen molar-refractivity contribution in [3.63, 3.8) is 0 Å². The molecule has 0 aromatic heterocycles. The molecule has 0 unspecified atom stereocenters. The van der Waals surface area contributed by atoms with Crippen molar-refractivity contribution < 1.29 is 5.11 Å². The summed E-state index contributed by atoms with van der Waals surface area (Å²) in [5.74, 6) is 0.500. The van der Waals surface area contributed by atoms with Gasteiger partial charge in [0.25, 0.3) is 0 Å². The standard InChI is InChI=1S/C8H17NO/c1-8(2)4-7(6-10)5-9(8)3/h7,10H,4-6H2,1-3H3/t7-/m0/s1. The molecule has 0 bridgehead atoms. The molecule has 10 heavy (non-hydrogen) atoms. The monoisotopic (exact) mass is 143 g/mol. The molecule has 1 aliphatic heterocycles. The molecule has 1 rings (SSSR count). The van der Waals surface area contributed by atoms with Crippen LogP contribution in [0.25, 0.3) is 0 Å². The molecule has 1 heterocycles. The van der Waals surface area contributed by atoms with Crippen molar-refractivity contribution in [2.75, 3.05) is 20.2 Å². The predicted molar refractivity (Wildman–Crippen MR) is 41.9 cm³/mol. The SMILES string of the molecule is CN1C[C@@H](CO)CC1(C)C. The van der Waals surface area contributed by atoms with Gasteiger partial charge in [-0.2, -0.15) is 0 Å². The Balaban J connectivity index is 2.53. The van der Waals surface area contributed by atoms with Gasteiger partial charge < -0.3 is 10.0 Å². The topological polar surface area (TPSA) is 23.5 Å². The summed E-state index contributed by atoms with van der Waals surface area (Å²) in [4.78, 5) is 2.31. The minimum absolute atomic E-state index is 0.299. The van der Waals surface area contributed by atoms with E-state index in [1.165, 1.54) is 0 Å². The second kappa shape index (κ2) is 2.51. The Morgan fingerprint density at radius 3 is 2.40 bits per heavy atom. The van der Waals surface area contributed by atoms with Gasteiger partial charge in [-0.25, -0.2) is 0 Å². The van der Waals surface area contributed by atoms with E-state index in [4.69, 9.17) is 5.11 Å². The molecule has 2 heteroatoms. The first-order valence-electron chi connectivity index (χ1n) is 3.88. The van der Waals surface area contributed by atoms with E-state index in [2.05, 4.69) is 25.8 Å². The molecule has 1 fully saturated rings. The molecule has 1 saturated heterocycles. The molecule has 1 N–H and O–H groups in total. The Labute approximate surface area is 62.8 Å². The van der Waals surface area contributed by atoms with E-state index in [9.17, 15) is 0 Å². The quantitative estimate of drug-likeness (QED) is 0.584. The summed E-state index contributed by atoms with van der Waals surface area (Å²) in [5, 5.41) is 8.89. The minimum Gasteiger partial charge on any atom is -0.396 e. The summed E-state index contributed by atoms with van der Waals surface area (Å²) < 4.78 is 0. The highest BCUT2D eigenvalue weighted by molar-refractivity contribution is 4.90. The van der Waals surface area contributed by atoms with Crippen molar-refractivity contribution >= 4 is 0 Å². The Hall–Kier alpha value is -0.0800. The highest BCUT2D eigenvalue weighted by atomic mass is 16.3. The van der Waals surface area contributed by atoms with Crippen LogP contribution in [0.15, 0.2) is 0 Å². The van der Waals surface area contributed by atoms with Crippen molar-refractivity contribution in [3.05, 3.63) is 0 Å². The van der Waals surface area contributed by atoms with Crippen LogP contribution < -0.4 is 0 Å². The van der Waals surface area contributed by atoms with Crippen LogP contribution in [-0.4, -0.2) is 35.7 Å². The molecule has 0 aliphatic carbocycles. The highest BCUT2D eigenvalue weighted by Gasteiger charge is 2.34. The van der Waals surface area contributed by atoms with Gasteiger partial charge in [0.05, 0.1) is 0 Å². The zero-order valence-electron chi connectivity index (χ0n) is 7.09. The van der Waals surface area contributed by atoms with Gasteiger partial charge in [0.15, 0.2) is 0 Å². The second-order valence-electron chi connectivity index (χ2n) is 3.95. The van der Waals surface area contributed by atoms with E-state index >= 15 is 0 Å². The fourth-order valence-corrected chi connectivity index (χ4v) is 1.68. The number of hydrogen-bond donors (Lipinski definition) is 1. The largest absolute Gasteiger partial charge is 0.396 e. The molecule has 0 spiro atoms. The average Bonchev–Trinajstić information content (AvgIpc) is 2.08. The Kier molecular flexibility index (Phi) is 2.02. The van der Waals surface area contributed by atoms with Gasteiger partial charge in [0, 0.05) is 18.7 Å². The van der Waals surface area contributed by atoms with E-state index in [1.54, 1.807) is 0 Å². The van der Waals surface area contributed by atoms with Gasteiger partial charge in [0.2, 0.25) is 0 Å². The number of aliphatic hydroxyl groups is 1. The lowest BCUT2D eigenvalue weighted by Crippen LogP contribution is -2.34. The normalized spacial score (nSPS) is 33.0. The lowest BCUT2D eigenvalue weighted by molar-refractivity contribution is 0.215. The third-order valence-corrected chi connectivity index (χ3v) is 2.61. The molecule has 1 aliphatic rings. The maximum atomic E-state index is 8.89. The summed E-state index contributed by atoms with van der Waals surface area (Å²) in [5.41, 5.74) is 0.299. The Bertz CT molecular complexity index is 122. The highest BCUT2D eigenvalue weighted by Crippen LogP contribution is 2.30. The van der Waals surface area contributed by atoms with Crippen LogP contribution >= 0.6 is 0 Å². The zero-order valence-corrected chi connectivity index (χ0v) is 7.09. The van der Waals surface area contributed by atoms with Gasteiger partial charge in [-0.15, -0.1) is 0 Å². The van der Waals surface area contributed by atoms with Crippen LogP contribution in [0, 0.1) is 5.92 Å². The van der Waals surface area contributed by atoms with Crippen molar-refractivity contribution in [1.82, 2.24) is 4.90 Å². The van der Waals surface area contributed by atoms with Crippen molar-refractivity contribution in [1.29, 1.82) is 0 Å². The minimum atomic E-state index is 0.299. The molecule has 0 radical (unpaired) electrons. The summed E-state index contributed by atoms with van der Waals surface area (Å²) >= 11 is 0. The van der Waals surface area contributed by atoms with Crippen LogP contribution in [0.5, 0.6) is 0 Å². The molecule has 0 saturated carbocycles. The van der Waals surface area contributed by atoms with Gasteiger partial charge in [0.1, 0.15) is 0 Å². The fraction of sp³-hybridized carbons (Fsp3) is 1.00. The first kappa shape index (κ1) is 8.02. The van der Waals surface area contributed by atoms with Gasteiger partial charge in [-0.3, -0.25) is 0 Å². The van der Waals surface area contributed by atoms with Crippen LogP contribution in [0.2, 0.25) is 0 Å². The lowest BCUT2D eigenvalue weighted by atomic mass is 9.97. The molecular weight excluding hydrogens is 126 g/mol. The zero-order chi connectivity index (χ0) is 7.78. The Morgan fingerprint density at radius 1 is 1.60 bits per heavy atom. The van der Waals surface area contributed by atoms with Crippen molar-refractivity contribution in [2.24, 2.45) is 5.92 Å².